The van der Waals surface area contributed by atoms with Crippen molar-refractivity contribution in [2.45, 2.75) is 6.61 Å². The second-order valence-corrected chi connectivity index (χ2v) is 2.90. The normalized spacial score (nSPS) is 10.1. The van der Waals surface area contributed by atoms with Gasteiger partial charge in [-0.15, -0.1) is 0 Å². The molecular weight excluding hydrogens is 182 g/mol. The Morgan fingerprint density at radius 2 is 2.29 bits per heavy atom. The van der Waals surface area contributed by atoms with Crippen LogP contribution in [0.15, 0.2) is 18.2 Å². The molecule has 0 amide bonds. The van der Waals surface area contributed by atoms with Crippen LogP contribution in [0.25, 0.3) is 0 Å². The smallest absolute Gasteiger partial charge is 0.176 e. The first-order valence-electron chi connectivity index (χ1n) is 4.23. The minimum atomic E-state index is -0.190. The summed E-state index contributed by atoms with van der Waals surface area (Å²) in [6.45, 7) is 0.270. The van der Waals surface area contributed by atoms with Gasteiger partial charge in [-0.2, -0.15) is 0 Å². The highest BCUT2D eigenvalue weighted by molar-refractivity contribution is 5.97. The van der Waals surface area contributed by atoms with Crippen molar-refractivity contribution in [3.8, 4) is 5.75 Å². The molecule has 1 rings (SSSR count). The summed E-state index contributed by atoms with van der Waals surface area (Å²) in [4.78, 5) is 11.2. The fraction of sp³-hybridized carbons (Fsp3) is 0.300. The van der Waals surface area contributed by atoms with E-state index in [2.05, 4.69) is 0 Å². The van der Waals surface area contributed by atoms with Gasteiger partial charge >= 0.3 is 0 Å². The number of Topliss-reactive ketones (excluding diaryl/α,β-unsaturated/α-hetero) is 1. The fourth-order valence-electron chi connectivity index (χ4n) is 1.13. The zero-order valence-corrected chi connectivity index (χ0v) is 7.99. The maximum Gasteiger partial charge on any atom is 0.176 e. The molecule has 14 heavy (non-hydrogen) atoms. The molecule has 0 spiro atoms. The van der Waals surface area contributed by atoms with E-state index in [-0.39, 0.29) is 18.1 Å². The molecular formula is C10H13NO3. The van der Waals surface area contributed by atoms with E-state index < -0.39 is 0 Å². The minimum absolute atomic E-state index is 0.0525. The molecule has 0 unspecified atom stereocenters. The second-order valence-electron chi connectivity index (χ2n) is 2.90. The highest BCUT2D eigenvalue weighted by Crippen LogP contribution is 2.19. The maximum atomic E-state index is 11.2. The third-order valence-corrected chi connectivity index (χ3v) is 1.89. The average molecular weight is 195 g/mol. The number of carbonyl (C=O) groups excluding carboxylic acids is 1. The Balaban J connectivity index is 2.94. The Hall–Kier alpha value is -1.39. The number of methoxy groups -OCH3 is 1. The van der Waals surface area contributed by atoms with Crippen LogP contribution >= 0.6 is 0 Å². The maximum absolute atomic E-state index is 11.2. The SMILES string of the molecule is COCc1ccc(C(=O)CN)cc1O. The number of rotatable bonds is 4. The van der Waals surface area contributed by atoms with E-state index in [0.29, 0.717) is 17.7 Å². The molecule has 0 saturated carbocycles. The van der Waals surface area contributed by atoms with E-state index in [1.54, 1.807) is 19.2 Å². The quantitative estimate of drug-likeness (QED) is 0.693. The molecule has 76 valence electrons. The van der Waals surface area contributed by atoms with Crippen LogP contribution < -0.4 is 5.73 Å². The van der Waals surface area contributed by atoms with Crippen molar-refractivity contribution in [3.63, 3.8) is 0 Å². The van der Waals surface area contributed by atoms with Crippen molar-refractivity contribution in [3.05, 3.63) is 29.3 Å². The van der Waals surface area contributed by atoms with E-state index >= 15 is 0 Å². The van der Waals surface area contributed by atoms with Crippen LogP contribution in [-0.2, 0) is 11.3 Å². The standard InChI is InChI=1S/C10H13NO3/c1-14-6-8-3-2-7(4-9(8)12)10(13)5-11/h2-4,12H,5-6,11H2,1H3. The first-order chi connectivity index (χ1) is 6.69. The number of nitrogens with two attached hydrogens (primary N) is 1. The number of ether oxygens (including phenoxy) is 1. The molecule has 0 fully saturated rings. The monoisotopic (exact) mass is 195 g/mol. The lowest BCUT2D eigenvalue weighted by Gasteiger charge is -2.05. The Kier molecular flexibility index (Phi) is 3.62. The van der Waals surface area contributed by atoms with Gasteiger partial charge in [0.1, 0.15) is 5.75 Å². The molecule has 0 saturated heterocycles. The molecule has 1 aromatic carbocycles. The van der Waals surface area contributed by atoms with Gasteiger partial charge in [0, 0.05) is 18.2 Å². The summed E-state index contributed by atoms with van der Waals surface area (Å²) in [7, 11) is 1.54. The van der Waals surface area contributed by atoms with E-state index in [1.165, 1.54) is 6.07 Å². The van der Waals surface area contributed by atoms with Crippen molar-refractivity contribution in [1.82, 2.24) is 0 Å². The van der Waals surface area contributed by atoms with Gasteiger partial charge in [-0.25, -0.2) is 0 Å². The highest BCUT2D eigenvalue weighted by Gasteiger charge is 2.07. The molecule has 0 aromatic heterocycles. The number of aromatic hydroxyl groups is 1. The molecule has 0 radical (unpaired) electrons. The van der Waals surface area contributed by atoms with E-state index in [0.717, 1.165) is 0 Å². The second kappa shape index (κ2) is 4.74. The number of carbonyl (C=O) groups is 1. The van der Waals surface area contributed by atoms with Gasteiger partial charge < -0.3 is 15.6 Å². The summed E-state index contributed by atoms with van der Waals surface area (Å²) in [5.74, 6) is -0.129. The Bertz CT molecular complexity index is 336. The third-order valence-electron chi connectivity index (χ3n) is 1.89. The van der Waals surface area contributed by atoms with E-state index in [4.69, 9.17) is 10.5 Å². The summed E-state index contributed by atoms with van der Waals surface area (Å²) in [6.07, 6.45) is 0. The lowest BCUT2D eigenvalue weighted by atomic mass is 10.1. The number of phenols is 1. The zero-order valence-electron chi connectivity index (χ0n) is 7.99. The number of phenolic OH excluding ortho intramolecular Hbond substituents is 1. The third kappa shape index (κ3) is 2.31. The van der Waals surface area contributed by atoms with E-state index in [9.17, 15) is 9.90 Å². The van der Waals surface area contributed by atoms with Gasteiger partial charge in [0.15, 0.2) is 5.78 Å². The lowest BCUT2D eigenvalue weighted by molar-refractivity contribution is 0.100. The summed E-state index contributed by atoms with van der Waals surface area (Å²) >= 11 is 0. The number of ketones is 1. The van der Waals surface area contributed by atoms with Crippen LogP contribution in [-0.4, -0.2) is 24.5 Å². The van der Waals surface area contributed by atoms with Crippen molar-refractivity contribution in [2.75, 3.05) is 13.7 Å². The topological polar surface area (TPSA) is 72.5 Å². The van der Waals surface area contributed by atoms with Crippen molar-refractivity contribution >= 4 is 5.78 Å². The van der Waals surface area contributed by atoms with Crippen molar-refractivity contribution < 1.29 is 14.6 Å². The van der Waals surface area contributed by atoms with Crippen LogP contribution in [0.1, 0.15) is 15.9 Å². The Labute approximate surface area is 82.3 Å². The van der Waals surface area contributed by atoms with Crippen LogP contribution in [0, 0.1) is 0 Å². The number of benzene rings is 1. The van der Waals surface area contributed by atoms with Gasteiger partial charge in [-0.05, 0) is 6.07 Å². The van der Waals surface area contributed by atoms with Gasteiger partial charge in [0.2, 0.25) is 0 Å². The molecule has 0 aliphatic heterocycles. The molecule has 0 aliphatic carbocycles. The minimum Gasteiger partial charge on any atom is -0.508 e. The van der Waals surface area contributed by atoms with Gasteiger partial charge in [0.05, 0.1) is 13.2 Å². The number of hydrogen-bond donors (Lipinski definition) is 2. The molecule has 4 heteroatoms. The number of hydrogen-bond acceptors (Lipinski definition) is 4. The first-order valence-corrected chi connectivity index (χ1v) is 4.23. The average Bonchev–Trinajstić information content (AvgIpc) is 2.20. The zero-order chi connectivity index (χ0) is 10.6. The lowest BCUT2D eigenvalue weighted by Crippen LogP contribution is -2.13. The van der Waals surface area contributed by atoms with Crippen LogP contribution in [0.5, 0.6) is 5.75 Å². The van der Waals surface area contributed by atoms with Gasteiger partial charge in [0.25, 0.3) is 0 Å². The van der Waals surface area contributed by atoms with Crippen LogP contribution in [0.4, 0.5) is 0 Å². The predicted octanol–water partition coefficient (Wildman–Crippen LogP) is 0.680. The predicted molar refractivity (Wildman–Crippen MR) is 52.2 cm³/mol. The van der Waals surface area contributed by atoms with Crippen LogP contribution in [0.2, 0.25) is 0 Å². The largest absolute Gasteiger partial charge is 0.508 e. The Morgan fingerprint density at radius 1 is 1.57 bits per heavy atom. The van der Waals surface area contributed by atoms with Crippen molar-refractivity contribution in [1.29, 1.82) is 0 Å². The molecule has 3 N–H and O–H groups in total. The van der Waals surface area contributed by atoms with Crippen molar-refractivity contribution in [2.24, 2.45) is 5.73 Å². The molecule has 0 atom stereocenters. The molecule has 0 aliphatic rings. The molecule has 0 heterocycles. The fourth-order valence-corrected chi connectivity index (χ4v) is 1.13. The molecule has 4 nitrogen and oxygen atoms in total. The van der Waals surface area contributed by atoms with E-state index in [1.807, 2.05) is 0 Å². The Morgan fingerprint density at radius 3 is 2.79 bits per heavy atom. The van der Waals surface area contributed by atoms with Gasteiger partial charge in [-0.3, -0.25) is 4.79 Å². The first kappa shape index (κ1) is 10.7. The summed E-state index contributed by atoms with van der Waals surface area (Å²) < 4.78 is 4.87. The van der Waals surface area contributed by atoms with Gasteiger partial charge in [-0.1, -0.05) is 12.1 Å². The summed E-state index contributed by atoms with van der Waals surface area (Å²) in [6, 6.07) is 4.69. The van der Waals surface area contributed by atoms with Crippen LogP contribution in [0.3, 0.4) is 0 Å². The summed E-state index contributed by atoms with van der Waals surface area (Å²) in [5, 5.41) is 9.49. The highest BCUT2D eigenvalue weighted by atomic mass is 16.5. The molecule has 0 bridgehead atoms. The summed E-state index contributed by atoms with van der Waals surface area (Å²) in [5.41, 5.74) is 6.27. The molecule has 1 aromatic rings.